The maximum absolute atomic E-state index is 12.2. The third-order valence-electron chi connectivity index (χ3n) is 2.34. The van der Waals surface area contributed by atoms with E-state index >= 15 is 0 Å². The number of rotatable bonds is 0. The van der Waals surface area contributed by atoms with Crippen molar-refractivity contribution < 1.29 is 17.6 Å². The van der Waals surface area contributed by atoms with Crippen LogP contribution in [0, 0.1) is 11.8 Å². The summed E-state index contributed by atoms with van der Waals surface area (Å²) in [6.07, 6.45) is 0. The Hall–Kier alpha value is -0.280. The van der Waals surface area contributed by atoms with Gasteiger partial charge < -0.3 is 0 Å². The Labute approximate surface area is 56.2 Å². The van der Waals surface area contributed by atoms with Crippen LogP contribution in [-0.2, 0) is 0 Å². The lowest BCUT2D eigenvalue weighted by Gasteiger charge is -2.47. The van der Waals surface area contributed by atoms with Gasteiger partial charge in [-0.3, -0.25) is 0 Å². The van der Waals surface area contributed by atoms with Gasteiger partial charge in [0.05, 0.1) is 0 Å². The largest absolute Gasteiger partial charge is 0.313 e. The molecule has 2 unspecified atom stereocenters. The van der Waals surface area contributed by atoms with Gasteiger partial charge in [0.1, 0.15) is 0 Å². The first-order valence-electron chi connectivity index (χ1n) is 3.07. The molecule has 0 amide bonds. The first-order chi connectivity index (χ1) is 4.32. The lowest BCUT2D eigenvalue weighted by molar-refractivity contribution is -0.344. The van der Waals surface area contributed by atoms with Crippen LogP contribution in [0.4, 0.5) is 17.6 Å². The molecule has 1 fully saturated rings. The summed E-state index contributed by atoms with van der Waals surface area (Å²) in [5.41, 5.74) is 0. The molecule has 0 spiro atoms. The molecule has 0 nitrogen and oxygen atoms in total. The summed E-state index contributed by atoms with van der Waals surface area (Å²) in [5.74, 6) is -9.95. The van der Waals surface area contributed by atoms with Crippen molar-refractivity contribution >= 4 is 0 Å². The van der Waals surface area contributed by atoms with E-state index in [1.165, 1.54) is 0 Å². The summed E-state index contributed by atoms with van der Waals surface area (Å²) >= 11 is 0. The van der Waals surface area contributed by atoms with E-state index in [-0.39, 0.29) is 0 Å². The minimum absolute atomic E-state index is 1.14. The molecule has 0 aromatic carbocycles. The fourth-order valence-electron chi connectivity index (χ4n) is 1.14. The van der Waals surface area contributed by atoms with Gasteiger partial charge in [0.15, 0.2) is 0 Å². The van der Waals surface area contributed by atoms with Crippen LogP contribution in [-0.4, -0.2) is 11.8 Å². The summed E-state index contributed by atoms with van der Waals surface area (Å²) in [6.45, 7) is 2.28. The summed E-state index contributed by atoms with van der Waals surface area (Å²) < 4.78 is 48.8. The van der Waals surface area contributed by atoms with Crippen LogP contribution in [0.5, 0.6) is 0 Å². The first kappa shape index (κ1) is 7.82. The fraction of sp³-hybridized carbons (Fsp3) is 1.00. The maximum Gasteiger partial charge on any atom is 0.313 e. The predicted octanol–water partition coefficient (Wildman–Crippen LogP) is 2.54. The van der Waals surface area contributed by atoms with Crippen molar-refractivity contribution in [3.05, 3.63) is 0 Å². The summed E-state index contributed by atoms with van der Waals surface area (Å²) in [7, 11) is 0. The average molecular weight is 156 g/mol. The standard InChI is InChI=1S/C6H8F4/c1-3-4(2)6(9,10)5(3,7)8/h3-4H,1-2H3. The van der Waals surface area contributed by atoms with Crippen LogP contribution >= 0.6 is 0 Å². The van der Waals surface area contributed by atoms with Gasteiger partial charge in [-0.2, -0.15) is 17.6 Å². The molecule has 1 aliphatic carbocycles. The zero-order valence-corrected chi connectivity index (χ0v) is 5.67. The van der Waals surface area contributed by atoms with Gasteiger partial charge in [-0.05, 0) is 0 Å². The topological polar surface area (TPSA) is 0 Å². The van der Waals surface area contributed by atoms with Crippen molar-refractivity contribution in [1.82, 2.24) is 0 Å². The fourth-order valence-corrected chi connectivity index (χ4v) is 1.14. The molecule has 0 aromatic heterocycles. The van der Waals surface area contributed by atoms with E-state index in [0.717, 1.165) is 13.8 Å². The van der Waals surface area contributed by atoms with Gasteiger partial charge in [0, 0.05) is 11.8 Å². The molecular formula is C6H8F4. The summed E-state index contributed by atoms with van der Waals surface area (Å²) in [4.78, 5) is 0. The minimum atomic E-state index is -3.79. The van der Waals surface area contributed by atoms with Crippen LogP contribution in [0.2, 0.25) is 0 Å². The molecule has 0 radical (unpaired) electrons. The lowest BCUT2D eigenvalue weighted by Crippen LogP contribution is -2.64. The minimum Gasteiger partial charge on any atom is -0.200 e. The van der Waals surface area contributed by atoms with Gasteiger partial charge in [0.2, 0.25) is 0 Å². The van der Waals surface area contributed by atoms with E-state index in [1.54, 1.807) is 0 Å². The highest BCUT2D eigenvalue weighted by Gasteiger charge is 2.74. The van der Waals surface area contributed by atoms with E-state index in [1.807, 2.05) is 0 Å². The van der Waals surface area contributed by atoms with Gasteiger partial charge in [-0.1, -0.05) is 13.8 Å². The molecule has 0 aromatic rings. The van der Waals surface area contributed by atoms with E-state index in [9.17, 15) is 17.6 Å². The SMILES string of the molecule is CC1C(C)C(F)(F)C1(F)F. The van der Waals surface area contributed by atoms with E-state index in [0.29, 0.717) is 0 Å². The zero-order valence-electron chi connectivity index (χ0n) is 5.67. The third kappa shape index (κ3) is 0.571. The molecule has 0 N–H and O–H groups in total. The quantitative estimate of drug-likeness (QED) is 0.473. The van der Waals surface area contributed by atoms with Gasteiger partial charge >= 0.3 is 11.8 Å². The van der Waals surface area contributed by atoms with Gasteiger partial charge in [-0.15, -0.1) is 0 Å². The number of halogens is 4. The monoisotopic (exact) mass is 156 g/mol. The van der Waals surface area contributed by atoms with Crippen molar-refractivity contribution in [3.63, 3.8) is 0 Å². The van der Waals surface area contributed by atoms with Gasteiger partial charge in [0.25, 0.3) is 0 Å². The highest BCUT2D eigenvalue weighted by molar-refractivity contribution is 5.06. The van der Waals surface area contributed by atoms with Crippen LogP contribution in [0.25, 0.3) is 0 Å². The van der Waals surface area contributed by atoms with E-state index in [2.05, 4.69) is 0 Å². The van der Waals surface area contributed by atoms with Gasteiger partial charge in [-0.25, -0.2) is 0 Å². The normalized spacial score (nSPS) is 42.6. The first-order valence-corrected chi connectivity index (χ1v) is 3.07. The highest BCUT2D eigenvalue weighted by atomic mass is 19.3. The zero-order chi connectivity index (χ0) is 8.15. The third-order valence-corrected chi connectivity index (χ3v) is 2.34. The Bertz CT molecular complexity index is 134. The van der Waals surface area contributed by atoms with Crippen molar-refractivity contribution in [2.24, 2.45) is 11.8 Å². The molecule has 4 heteroatoms. The number of hydrogen-bond acceptors (Lipinski definition) is 0. The number of alkyl halides is 4. The molecule has 60 valence electrons. The Morgan fingerprint density at radius 3 is 1.10 bits per heavy atom. The van der Waals surface area contributed by atoms with E-state index in [4.69, 9.17) is 0 Å². The van der Waals surface area contributed by atoms with E-state index < -0.39 is 23.7 Å². The predicted molar refractivity (Wildman–Crippen MR) is 28.2 cm³/mol. The molecule has 1 saturated carbocycles. The second-order valence-electron chi connectivity index (χ2n) is 2.82. The molecule has 2 atom stereocenters. The van der Waals surface area contributed by atoms with Crippen molar-refractivity contribution in [2.75, 3.05) is 0 Å². The highest BCUT2D eigenvalue weighted by Crippen LogP contribution is 2.58. The van der Waals surface area contributed by atoms with Crippen LogP contribution in [0.15, 0.2) is 0 Å². The molecule has 0 aliphatic heterocycles. The van der Waals surface area contributed by atoms with Crippen molar-refractivity contribution in [3.8, 4) is 0 Å². The second kappa shape index (κ2) is 1.66. The molecule has 0 heterocycles. The smallest absolute Gasteiger partial charge is 0.200 e. The van der Waals surface area contributed by atoms with Crippen LogP contribution in [0.1, 0.15) is 13.8 Å². The molecule has 1 rings (SSSR count). The summed E-state index contributed by atoms with van der Waals surface area (Å²) in [6, 6.07) is 0. The Morgan fingerprint density at radius 1 is 0.800 bits per heavy atom. The Kier molecular flexibility index (Phi) is 1.29. The second-order valence-corrected chi connectivity index (χ2v) is 2.82. The molecule has 0 bridgehead atoms. The van der Waals surface area contributed by atoms with Crippen LogP contribution < -0.4 is 0 Å². The molecule has 1 aliphatic rings. The van der Waals surface area contributed by atoms with Crippen LogP contribution in [0.3, 0.4) is 0 Å². The molecule has 10 heavy (non-hydrogen) atoms. The maximum atomic E-state index is 12.2. The Balaban J connectivity index is 2.82. The Morgan fingerprint density at radius 2 is 1.00 bits per heavy atom. The lowest BCUT2D eigenvalue weighted by atomic mass is 9.68. The molecule has 0 saturated heterocycles. The van der Waals surface area contributed by atoms with Crippen molar-refractivity contribution in [1.29, 1.82) is 0 Å². The molecular weight excluding hydrogens is 148 g/mol. The summed E-state index contributed by atoms with van der Waals surface area (Å²) in [5, 5.41) is 0. The average Bonchev–Trinajstić information content (AvgIpc) is 1.84. The van der Waals surface area contributed by atoms with Crippen molar-refractivity contribution in [2.45, 2.75) is 25.7 Å². The number of hydrogen-bond donors (Lipinski definition) is 0.